The van der Waals surface area contributed by atoms with Crippen molar-refractivity contribution in [2.24, 2.45) is 0 Å². The van der Waals surface area contributed by atoms with Gasteiger partial charge in [-0.15, -0.1) is 0 Å². The van der Waals surface area contributed by atoms with Crippen molar-refractivity contribution in [1.82, 2.24) is 5.48 Å². The van der Waals surface area contributed by atoms with Crippen LogP contribution >= 0.6 is 28.3 Å². The van der Waals surface area contributed by atoms with Gasteiger partial charge < -0.3 is 0 Å². The Morgan fingerprint density at radius 2 is 1.85 bits per heavy atom. The summed E-state index contributed by atoms with van der Waals surface area (Å²) in [6.07, 6.45) is -0.0831. The molecule has 1 atom stereocenters. The number of hydroxylamine groups is 1. The average molecular weight is 248 g/mol. The van der Waals surface area contributed by atoms with Crippen molar-refractivity contribution >= 4 is 33.9 Å². The smallest absolute Gasteiger partial charge is 0.298 e. The van der Waals surface area contributed by atoms with E-state index in [1.807, 2.05) is 0 Å². The fraction of sp³-hybridized carbons (Fsp3) is 0.833. The van der Waals surface area contributed by atoms with E-state index in [0.717, 1.165) is 0 Å². The van der Waals surface area contributed by atoms with Gasteiger partial charge in [0.25, 0.3) is 0 Å². The molecule has 78 valence electrons. The summed E-state index contributed by atoms with van der Waals surface area (Å²) in [5.74, 6) is -3.71. The summed E-state index contributed by atoms with van der Waals surface area (Å²) in [4.78, 5) is 16.0. The van der Waals surface area contributed by atoms with Crippen molar-refractivity contribution in [3.8, 4) is 0 Å². The fourth-order valence-corrected chi connectivity index (χ4v) is 1.90. The first kappa shape index (κ1) is 13.4. The highest BCUT2D eigenvalue weighted by Crippen LogP contribution is 2.57. The monoisotopic (exact) mass is 247 g/mol. The minimum absolute atomic E-state index is 0.0831. The Morgan fingerprint density at radius 3 is 2.15 bits per heavy atom. The van der Waals surface area contributed by atoms with Crippen LogP contribution in [0.3, 0.4) is 0 Å². The van der Waals surface area contributed by atoms with Crippen molar-refractivity contribution in [2.75, 3.05) is 0 Å². The lowest BCUT2D eigenvalue weighted by Crippen LogP contribution is -2.34. The van der Waals surface area contributed by atoms with Crippen LogP contribution < -0.4 is 5.48 Å². The van der Waals surface area contributed by atoms with Crippen molar-refractivity contribution in [3.63, 3.8) is 0 Å². The van der Waals surface area contributed by atoms with Crippen LogP contribution in [0.15, 0.2) is 0 Å². The zero-order valence-corrected chi connectivity index (χ0v) is 9.99. The maximum Gasteiger partial charge on any atom is 0.318 e. The highest BCUT2D eigenvalue weighted by atomic mass is 35.9. The van der Waals surface area contributed by atoms with Gasteiger partial charge in [0.15, 0.2) is 0 Å². The molecule has 4 nitrogen and oxygen atoms in total. The summed E-state index contributed by atoms with van der Waals surface area (Å²) in [6.45, 7) is 5.04. The first-order valence-electron chi connectivity index (χ1n) is 3.70. The van der Waals surface area contributed by atoms with E-state index in [1.54, 1.807) is 13.8 Å². The van der Waals surface area contributed by atoms with Crippen LogP contribution in [-0.2, 0) is 14.2 Å². The maximum absolute atomic E-state index is 11.1. The van der Waals surface area contributed by atoms with Gasteiger partial charge in [0.1, 0.15) is 0 Å². The highest BCUT2D eigenvalue weighted by molar-refractivity contribution is 8.19. The minimum atomic E-state index is -3.71. The van der Waals surface area contributed by atoms with Crippen molar-refractivity contribution in [3.05, 3.63) is 0 Å². The van der Waals surface area contributed by atoms with Crippen LogP contribution in [0.2, 0.25) is 0 Å². The number of carbonyl (C=O) groups excluding carboxylic acids is 1. The predicted octanol–water partition coefficient (Wildman–Crippen LogP) is 2.50. The van der Waals surface area contributed by atoms with Gasteiger partial charge in [0, 0.05) is 0 Å². The van der Waals surface area contributed by atoms with E-state index in [4.69, 9.17) is 27.3 Å². The number of carbonyl (C=O) groups is 1. The predicted molar refractivity (Wildman–Crippen MR) is 53.1 cm³/mol. The van der Waals surface area contributed by atoms with Crippen LogP contribution in [0, 0.1) is 0 Å². The van der Waals surface area contributed by atoms with E-state index in [0.29, 0.717) is 0 Å². The van der Waals surface area contributed by atoms with Gasteiger partial charge in [0.05, 0.1) is 12.1 Å². The lowest BCUT2D eigenvalue weighted by molar-refractivity contribution is -0.118. The van der Waals surface area contributed by atoms with Crippen LogP contribution in [0.1, 0.15) is 20.8 Å². The Bertz CT molecular complexity index is 228. The molecule has 0 aromatic rings. The SMILES string of the molecule is CC(C)ONC(C)C(=O)P(=O)(Cl)Cl. The first-order chi connectivity index (χ1) is 5.75. The molecular weight excluding hydrogens is 236 g/mol. The molecule has 0 aliphatic carbocycles. The van der Waals surface area contributed by atoms with Gasteiger partial charge in [-0.05, 0) is 43.3 Å². The Balaban J connectivity index is 4.06. The lowest BCUT2D eigenvalue weighted by Gasteiger charge is -2.14. The van der Waals surface area contributed by atoms with E-state index in [9.17, 15) is 9.36 Å². The molecule has 1 unspecified atom stereocenters. The third-order valence-electron chi connectivity index (χ3n) is 1.11. The number of hydrogen-bond acceptors (Lipinski definition) is 4. The van der Waals surface area contributed by atoms with Gasteiger partial charge in [-0.1, -0.05) is 0 Å². The number of rotatable bonds is 5. The van der Waals surface area contributed by atoms with E-state index in [2.05, 4.69) is 5.48 Å². The molecule has 0 amide bonds. The van der Waals surface area contributed by atoms with Crippen molar-refractivity contribution in [1.29, 1.82) is 0 Å². The van der Waals surface area contributed by atoms with Crippen molar-refractivity contribution < 1.29 is 14.2 Å². The van der Waals surface area contributed by atoms with E-state index < -0.39 is 17.4 Å². The van der Waals surface area contributed by atoms with Crippen LogP contribution in [0.5, 0.6) is 0 Å². The molecule has 0 aromatic carbocycles. The second-order valence-electron chi connectivity index (χ2n) is 2.81. The molecule has 0 rings (SSSR count). The second kappa shape index (κ2) is 5.32. The van der Waals surface area contributed by atoms with E-state index >= 15 is 0 Å². The molecule has 0 aliphatic rings. The Labute approximate surface area is 86.8 Å². The summed E-state index contributed by atoms with van der Waals surface area (Å²) in [7, 11) is 0. The van der Waals surface area contributed by atoms with Crippen molar-refractivity contribution in [2.45, 2.75) is 32.9 Å². The molecule has 0 aromatic heterocycles. The number of hydrogen-bond donors (Lipinski definition) is 1. The second-order valence-corrected chi connectivity index (χ2v) is 7.55. The zero-order valence-electron chi connectivity index (χ0n) is 7.58. The molecule has 0 bridgehead atoms. The number of halogens is 2. The Hall–Kier alpha value is 0.400. The van der Waals surface area contributed by atoms with Gasteiger partial charge >= 0.3 is 5.85 Å². The molecule has 0 aliphatic heterocycles. The summed E-state index contributed by atoms with van der Waals surface area (Å²) >= 11 is 10.3. The molecule has 13 heavy (non-hydrogen) atoms. The third-order valence-corrected chi connectivity index (χ3v) is 3.01. The summed E-state index contributed by atoms with van der Waals surface area (Å²) in [6, 6.07) is -0.775. The minimum Gasteiger partial charge on any atom is -0.298 e. The quantitative estimate of drug-likeness (QED) is 0.599. The van der Waals surface area contributed by atoms with Gasteiger partial charge in [-0.2, -0.15) is 5.48 Å². The fourth-order valence-electron chi connectivity index (χ4n) is 0.514. The average Bonchev–Trinajstić information content (AvgIpc) is 1.96. The van der Waals surface area contributed by atoms with Crippen LogP contribution in [0.25, 0.3) is 0 Å². The highest BCUT2D eigenvalue weighted by Gasteiger charge is 2.30. The van der Waals surface area contributed by atoms with Gasteiger partial charge in [0.2, 0.25) is 5.52 Å². The Morgan fingerprint density at radius 1 is 1.38 bits per heavy atom. The lowest BCUT2D eigenvalue weighted by atomic mass is 10.4. The number of nitrogens with one attached hydrogen (secondary N) is 1. The largest absolute Gasteiger partial charge is 0.318 e. The van der Waals surface area contributed by atoms with Gasteiger partial charge in [-0.3, -0.25) is 14.2 Å². The molecule has 0 heterocycles. The van der Waals surface area contributed by atoms with E-state index in [1.165, 1.54) is 6.92 Å². The van der Waals surface area contributed by atoms with Crippen LogP contribution in [0.4, 0.5) is 0 Å². The normalized spacial score (nSPS) is 14.6. The molecule has 0 saturated heterocycles. The molecule has 0 spiro atoms. The maximum atomic E-state index is 11.1. The van der Waals surface area contributed by atoms with Crippen LogP contribution in [-0.4, -0.2) is 17.7 Å². The Kier molecular flexibility index (Phi) is 5.49. The summed E-state index contributed by atoms with van der Waals surface area (Å²) in [5, 5.41) is 0. The van der Waals surface area contributed by atoms with E-state index in [-0.39, 0.29) is 6.10 Å². The topological polar surface area (TPSA) is 55.4 Å². The molecule has 1 N–H and O–H groups in total. The molecule has 7 heteroatoms. The molecular formula is C6H12Cl2NO3P. The molecule has 0 saturated carbocycles. The summed E-state index contributed by atoms with van der Waals surface area (Å²) < 4.78 is 10.9. The molecule has 0 radical (unpaired) electrons. The zero-order chi connectivity index (χ0) is 10.6. The molecule has 0 fully saturated rings. The first-order valence-corrected chi connectivity index (χ1v) is 7.21. The third kappa shape index (κ3) is 5.66. The summed E-state index contributed by atoms with van der Waals surface area (Å²) in [5.41, 5.74) is 1.64. The van der Waals surface area contributed by atoms with Gasteiger partial charge in [-0.25, -0.2) is 0 Å². The standard InChI is InChI=1S/C6H12Cl2NO3P/c1-4(2)12-9-5(3)6(10)13(7,8)11/h4-5,9H,1-3H3.